The number of rotatable bonds is 9. The first-order chi connectivity index (χ1) is 8.59. The van der Waals surface area contributed by atoms with Crippen LogP contribution in [-0.4, -0.2) is 26.3 Å². The number of nitrogens with two attached hydrogens (primary N) is 1. The molecular weight excluding hydrogens is 336 g/mol. The minimum Gasteiger partial charge on any atom is -0.391 e. The lowest BCUT2D eigenvalue weighted by Crippen LogP contribution is -2.26. The van der Waals surface area contributed by atoms with Gasteiger partial charge in [-0.1, -0.05) is 22.3 Å². The van der Waals surface area contributed by atoms with E-state index in [0.29, 0.717) is 29.7 Å². The molecular formula is C9H16BBrN3O2PS. The molecule has 0 spiro atoms. The summed E-state index contributed by atoms with van der Waals surface area (Å²) < 4.78 is 17.8. The van der Waals surface area contributed by atoms with Gasteiger partial charge in [-0.2, -0.15) is 0 Å². The zero-order valence-corrected chi connectivity index (χ0v) is 13.2. The van der Waals surface area contributed by atoms with Gasteiger partial charge in [0.2, 0.25) is 0 Å². The van der Waals surface area contributed by atoms with Crippen LogP contribution in [-0.2, 0) is 15.7 Å². The molecule has 4 N–H and O–H groups in total. The smallest absolute Gasteiger partial charge is 0.341 e. The molecule has 0 aliphatic carbocycles. The molecule has 0 aliphatic heterocycles. The van der Waals surface area contributed by atoms with Gasteiger partial charge in [0.25, 0.3) is 0 Å². The van der Waals surface area contributed by atoms with Crippen molar-refractivity contribution >= 4 is 47.8 Å². The molecule has 9 heteroatoms. The van der Waals surface area contributed by atoms with Gasteiger partial charge in [0.1, 0.15) is 0 Å². The molecule has 0 aliphatic rings. The number of nitrogen functional groups attached to an aromatic ring is 1. The van der Waals surface area contributed by atoms with Crippen LogP contribution in [0, 0.1) is 0 Å². The van der Waals surface area contributed by atoms with Crippen molar-refractivity contribution in [3.8, 4) is 0 Å². The van der Waals surface area contributed by atoms with Crippen LogP contribution in [0.25, 0.3) is 0 Å². The molecule has 0 bridgehead atoms. The Labute approximate surface area is 121 Å². The summed E-state index contributed by atoms with van der Waals surface area (Å²) in [5.74, 6) is 0. The van der Waals surface area contributed by atoms with Gasteiger partial charge in [0.15, 0.2) is 0 Å². The third-order valence-electron chi connectivity index (χ3n) is 1.95. The monoisotopic (exact) mass is 351 g/mol. The summed E-state index contributed by atoms with van der Waals surface area (Å²) in [6.07, 6.45) is 0.398. The lowest BCUT2D eigenvalue weighted by molar-refractivity contribution is 0.291. The van der Waals surface area contributed by atoms with Crippen molar-refractivity contribution < 1.29 is 9.09 Å². The lowest BCUT2D eigenvalue weighted by Gasteiger charge is -2.19. The quantitative estimate of drug-likeness (QED) is 0.361. The van der Waals surface area contributed by atoms with Gasteiger partial charge < -0.3 is 10.3 Å². The van der Waals surface area contributed by atoms with E-state index in [1.54, 1.807) is 6.07 Å². The predicted molar refractivity (Wildman–Crippen MR) is 81.5 cm³/mol. The van der Waals surface area contributed by atoms with E-state index >= 15 is 0 Å². The fourth-order valence-corrected chi connectivity index (χ4v) is 3.90. The maximum absolute atomic E-state index is 12.4. The molecule has 1 atom stereocenters. The van der Waals surface area contributed by atoms with E-state index in [0.717, 1.165) is 4.88 Å². The zero-order chi connectivity index (χ0) is 13.4. The predicted octanol–water partition coefficient (Wildman–Crippen LogP) is 2.12. The van der Waals surface area contributed by atoms with Crippen LogP contribution in [0.5, 0.6) is 0 Å². The highest BCUT2D eigenvalue weighted by atomic mass is 79.9. The Kier molecular flexibility index (Phi) is 7.52. The second-order valence-electron chi connectivity index (χ2n) is 3.42. The maximum Gasteiger partial charge on any atom is 0.341 e. The van der Waals surface area contributed by atoms with Crippen LogP contribution in [0.15, 0.2) is 12.1 Å². The first kappa shape index (κ1) is 16.2. The zero-order valence-electron chi connectivity index (χ0n) is 9.89. The molecule has 5 nitrogen and oxygen atoms in total. The molecule has 0 saturated carbocycles. The van der Waals surface area contributed by atoms with Crippen LogP contribution >= 0.6 is 34.9 Å². The van der Waals surface area contributed by atoms with Gasteiger partial charge >= 0.3 is 7.67 Å². The van der Waals surface area contributed by atoms with E-state index in [2.05, 4.69) is 26.1 Å². The summed E-state index contributed by atoms with van der Waals surface area (Å²) in [5, 5.41) is 7.06. The molecule has 0 saturated heterocycles. The number of alkyl halides is 1. The van der Waals surface area contributed by atoms with Gasteiger partial charge in [-0.05, 0) is 18.7 Å². The summed E-state index contributed by atoms with van der Waals surface area (Å²) in [7, 11) is 2.33. The molecule has 1 aromatic heterocycles. The van der Waals surface area contributed by atoms with E-state index in [1.807, 2.05) is 6.07 Å². The fraction of sp³-hybridized carbons (Fsp3) is 0.556. The number of hydrogen-bond acceptors (Lipinski definition) is 4. The Balaban J connectivity index is 2.51. The van der Waals surface area contributed by atoms with Crippen molar-refractivity contribution in [2.75, 3.05) is 24.2 Å². The second kappa shape index (κ2) is 8.35. The Hall–Kier alpha value is 0.155. The Morgan fingerprint density at radius 3 is 2.72 bits per heavy atom. The van der Waals surface area contributed by atoms with Crippen LogP contribution < -0.4 is 15.9 Å². The summed E-state index contributed by atoms with van der Waals surface area (Å²) in [6, 6.07) is 3.66. The molecule has 2 radical (unpaired) electrons. The highest BCUT2D eigenvalue weighted by Gasteiger charge is 2.21. The molecule has 1 aromatic rings. The second-order valence-corrected chi connectivity index (χ2v) is 7.41. The molecule has 100 valence electrons. The van der Waals surface area contributed by atoms with E-state index in [9.17, 15) is 4.57 Å². The van der Waals surface area contributed by atoms with E-state index in [1.165, 1.54) is 11.3 Å². The first-order valence-electron chi connectivity index (χ1n) is 5.44. The topological polar surface area (TPSA) is 76.4 Å². The number of anilines is 1. The molecule has 0 aromatic carbocycles. The molecule has 1 rings (SSSR count). The summed E-state index contributed by atoms with van der Waals surface area (Å²) >= 11 is 4.68. The number of halogens is 1. The van der Waals surface area contributed by atoms with Gasteiger partial charge in [-0.25, -0.2) is 10.2 Å². The summed E-state index contributed by atoms with van der Waals surface area (Å²) in [4.78, 5) is 0.933. The Morgan fingerprint density at radius 1 is 1.44 bits per heavy atom. The molecule has 0 amide bonds. The van der Waals surface area contributed by atoms with Crippen molar-refractivity contribution in [3.05, 3.63) is 17.0 Å². The first-order valence-corrected chi connectivity index (χ1v) is 9.01. The number of nitrogens with one attached hydrogen (secondary N) is 2. The van der Waals surface area contributed by atoms with Crippen molar-refractivity contribution in [2.24, 2.45) is 0 Å². The molecule has 18 heavy (non-hydrogen) atoms. The minimum atomic E-state index is -3.05. The summed E-state index contributed by atoms with van der Waals surface area (Å²) in [5.41, 5.74) is 5.62. The van der Waals surface area contributed by atoms with Gasteiger partial charge in [-0.15, -0.1) is 11.3 Å². The SMILES string of the molecule is [B]CCNP(=O)(NCCBr)OCc1ccc(N)s1. The molecule has 0 fully saturated rings. The van der Waals surface area contributed by atoms with Crippen LogP contribution in [0.4, 0.5) is 5.00 Å². The third-order valence-corrected chi connectivity index (χ3v) is 5.01. The lowest BCUT2D eigenvalue weighted by atomic mass is 10.1. The van der Waals surface area contributed by atoms with E-state index in [-0.39, 0.29) is 6.61 Å². The summed E-state index contributed by atoms with van der Waals surface area (Å²) in [6.45, 7) is 1.23. The largest absolute Gasteiger partial charge is 0.391 e. The molecule has 1 heterocycles. The highest BCUT2D eigenvalue weighted by Crippen LogP contribution is 2.39. The van der Waals surface area contributed by atoms with E-state index < -0.39 is 7.67 Å². The average molecular weight is 352 g/mol. The van der Waals surface area contributed by atoms with Crippen LogP contribution in [0.1, 0.15) is 4.88 Å². The van der Waals surface area contributed by atoms with Gasteiger partial charge in [0.05, 0.1) is 19.5 Å². The van der Waals surface area contributed by atoms with Crippen molar-refractivity contribution in [3.63, 3.8) is 0 Å². The van der Waals surface area contributed by atoms with E-state index in [4.69, 9.17) is 18.1 Å². The van der Waals surface area contributed by atoms with Crippen molar-refractivity contribution in [1.29, 1.82) is 0 Å². The van der Waals surface area contributed by atoms with Crippen molar-refractivity contribution in [2.45, 2.75) is 12.9 Å². The van der Waals surface area contributed by atoms with Gasteiger partial charge in [-0.3, -0.25) is 4.57 Å². The Morgan fingerprint density at radius 2 is 2.17 bits per heavy atom. The van der Waals surface area contributed by atoms with Crippen LogP contribution in [0.3, 0.4) is 0 Å². The average Bonchev–Trinajstić information content (AvgIpc) is 2.78. The normalized spacial score (nSPS) is 14.5. The van der Waals surface area contributed by atoms with Crippen molar-refractivity contribution in [1.82, 2.24) is 10.2 Å². The third kappa shape index (κ3) is 5.86. The minimum absolute atomic E-state index is 0.256. The fourth-order valence-electron chi connectivity index (χ4n) is 1.17. The maximum atomic E-state index is 12.4. The van der Waals surface area contributed by atoms with Crippen LogP contribution in [0.2, 0.25) is 6.32 Å². The number of hydrogen-bond donors (Lipinski definition) is 3. The number of thiophene rings is 1. The highest BCUT2D eigenvalue weighted by molar-refractivity contribution is 9.09. The standard InChI is InChI=1S/C9H16BBrN3O2PS/c10-3-5-13-17(15,14-6-4-11)16-7-8-1-2-9(12)18-8/h1-2H,3-7,12H2,(H2,13,14,15). The molecule has 1 unspecified atom stereocenters. The Bertz CT molecular complexity index is 395. The van der Waals surface area contributed by atoms with Gasteiger partial charge in [0, 0.05) is 16.8 Å².